The summed E-state index contributed by atoms with van der Waals surface area (Å²) in [4.78, 5) is 0. The van der Waals surface area contributed by atoms with E-state index in [1.807, 2.05) is 6.92 Å². The fourth-order valence-corrected chi connectivity index (χ4v) is 2.25. The summed E-state index contributed by atoms with van der Waals surface area (Å²) in [5, 5.41) is 11.5. The van der Waals surface area contributed by atoms with Crippen LogP contribution in [0, 0.1) is 6.92 Å². The molecule has 4 heteroatoms. The van der Waals surface area contributed by atoms with Gasteiger partial charge in [-0.3, -0.25) is 0 Å². The Balaban J connectivity index is 2.10. The highest BCUT2D eigenvalue weighted by molar-refractivity contribution is 4.97. The number of rotatable bonds is 1. The first kappa shape index (κ1) is 9.65. The number of piperidine rings is 1. The maximum Gasteiger partial charge on any atom is 0.219 e. The van der Waals surface area contributed by atoms with Crippen molar-refractivity contribution in [1.82, 2.24) is 15.5 Å². The molecule has 0 radical (unpaired) electrons. The van der Waals surface area contributed by atoms with E-state index in [1.165, 1.54) is 0 Å². The molecular formula is C10H17N3O. The average molecular weight is 195 g/mol. The van der Waals surface area contributed by atoms with Crippen LogP contribution in [0.2, 0.25) is 0 Å². The van der Waals surface area contributed by atoms with Gasteiger partial charge in [-0.25, -0.2) is 0 Å². The van der Waals surface area contributed by atoms with E-state index in [-0.39, 0.29) is 0 Å². The van der Waals surface area contributed by atoms with Crippen molar-refractivity contribution in [3.63, 3.8) is 0 Å². The molecule has 2 rings (SSSR count). The molecule has 0 bridgehead atoms. The highest BCUT2D eigenvalue weighted by atomic mass is 16.4. The normalized spacial score (nSPS) is 33.2. The van der Waals surface area contributed by atoms with Gasteiger partial charge < -0.3 is 9.73 Å². The van der Waals surface area contributed by atoms with Crippen LogP contribution >= 0.6 is 0 Å². The van der Waals surface area contributed by atoms with Crippen molar-refractivity contribution >= 4 is 0 Å². The van der Waals surface area contributed by atoms with Crippen LogP contribution < -0.4 is 5.32 Å². The molecule has 1 aromatic heterocycles. The summed E-state index contributed by atoms with van der Waals surface area (Å²) in [7, 11) is 0. The van der Waals surface area contributed by atoms with Crippen molar-refractivity contribution in [3.05, 3.63) is 11.8 Å². The third-order valence-electron chi connectivity index (χ3n) is 2.74. The van der Waals surface area contributed by atoms with Gasteiger partial charge in [-0.2, -0.15) is 0 Å². The predicted octanol–water partition coefficient (Wildman–Crippen LogP) is 1.62. The standard InChI is InChI=1S/C10H17N3O/c1-6-4-9(5-7(2)11-6)10-13-12-8(3)14-10/h6-7,9,11H,4-5H2,1-3H3/t6-,7-/m1/s1. The third-order valence-corrected chi connectivity index (χ3v) is 2.74. The zero-order valence-electron chi connectivity index (χ0n) is 8.95. The number of nitrogens with one attached hydrogen (secondary N) is 1. The van der Waals surface area contributed by atoms with Crippen molar-refractivity contribution in [1.29, 1.82) is 0 Å². The molecule has 0 unspecified atom stereocenters. The van der Waals surface area contributed by atoms with Gasteiger partial charge in [-0.1, -0.05) is 0 Å². The topological polar surface area (TPSA) is 51.0 Å². The minimum atomic E-state index is 0.433. The van der Waals surface area contributed by atoms with Crippen LogP contribution in [0.25, 0.3) is 0 Å². The Kier molecular flexibility index (Phi) is 2.54. The summed E-state index contributed by atoms with van der Waals surface area (Å²) in [6.45, 7) is 6.24. The summed E-state index contributed by atoms with van der Waals surface area (Å²) in [5.41, 5.74) is 0. The summed E-state index contributed by atoms with van der Waals surface area (Å²) in [5.74, 6) is 1.91. The van der Waals surface area contributed by atoms with Crippen LogP contribution in [-0.2, 0) is 0 Å². The molecule has 1 aliphatic heterocycles. The number of hydrogen-bond donors (Lipinski definition) is 1. The first-order chi connectivity index (χ1) is 6.65. The van der Waals surface area contributed by atoms with E-state index in [4.69, 9.17) is 4.42 Å². The first-order valence-electron chi connectivity index (χ1n) is 5.21. The number of aryl methyl sites for hydroxylation is 1. The van der Waals surface area contributed by atoms with E-state index >= 15 is 0 Å². The van der Waals surface area contributed by atoms with E-state index in [9.17, 15) is 0 Å². The van der Waals surface area contributed by atoms with E-state index in [0.29, 0.717) is 23.9 Å². The van der Waals surface area contributed by atoms with Gasteiger partial charge in [0, 0.05) is 24.9 Å². The Morgan fingerprint density at radius 1 is 1.21 bits per heavy atom. The number of nitrogens with zero attached hydrogens (tertiary/aromatic N) is 2. The van der Waals surface area contributed by atoms with E-state index in [0.717, 1.165) is 18.7 Å². The van der Waals surface area contributed by atoms with E-state index in [2.05, 4.69) is 29.4 Å². The van der Waals surface area contributed by atoms with Crippen LogP contribution in [0.15, 0.2) is 4.42 Å². The predicted molar refractivity (Wildman–Crippen MR) is 53.1 cm³/mol. The Labute approximate surface area is 84.1 Å². The average Bonchev–Trinajstić information content (AvgIpc) is 2.50. The van der Waals surface area contributed by atoms with Crippen LogP contribution in [0.4, 0.5) is 0 Å². The molecule has 0 aliphatic carbocycles. The molecule has 2 heterocycles. The van der Waals surface area contributed by atoms with Gasteiger partial charge in [0.05, 0.1) is 0 Å². The Bertz CT molecular complexity index is 300. The zero-order valence-corrected chi connectivity index (χ0v) is 8.95. The first-order valence-corrected chi connectivity index (χ1v) is 5.21. The van der Waals surface area contributed by atoms with Crippen LogP contribution in [-0.4, -0.2) is 22.3 Å². The maximum absolute atomic E-state index is 5.47. The smallest absolute Gasteiger partial charge is 0.219 e. The summed E-state index contributed by atoms with van der Waals surface area (Å²) < 4.78 is 5.47. The van der Waals surface area contributed by atoms with Gasteiger partial charge in [-0.15, -0.1) is 10.2 Å². The number of hydrogen-bond acceptors (Lipinski definition) is 4. The minimum Gasteiger partial charge on any atom is -0.425 e. The molecule has 1 aromatic rings. The van der Waals surface area contributed by atoms with Crippen molar-refractivity contribution in [3.8, 4) is 0 Å². The summed E-state index contributed by atoms with van der Waals surface area (Å²) in [6, 6.07) is 1.08. The maximum atomic E-state index is 5.47. The molecule has 0 saturated carbocycles. The fourth-order valence-electron chi connectivity index (χ4n) is 2.25. The third kappa shape index (κ3) is 1.95. The highest BCUT2D eigenvalue weighted by Gasteiger charge is 2.27. The van der Waals surface area contributed by atoms with Crippen molar-refractivity contribution in [2.45, 2.75) is 51.6 Å². The van der Waals surface area contributed by atoms with Gasteiger partial charge in [-0.05, 0) is 26.7 Å². The van der Waals surface area contributed by atoms with E-state index < -0.39 is 0 Å². The monoisotopic (exact) mass is 195 g/mol. The lowest BCUT2D eigenvalue weighted by Gasteiger charge is -2.30. The van der Waals surface area contributed by atoms with Crippen molar-refractivity contribution < 1.29 is 4.42 Å². The molecule has 1 aliphatic rings. The molecular weight excluding hydrogens is 178 g/mol. The molecule has 1 saturated heterocycles. The molecule has 14 heavy (non-hydrogen) atoms. The molecule has 2 atom stereocenters. The van der Waals surface area contributed by atoms with E-state index in [1.54, 1.807) is 0 Å². The number of aromatic nitrogens is 2. The quantitative estimate of drug-likeness (QED) is 0.739. The lowest BCUT2D eigenvalue weighted by molar-refractivity contribution is 0.280. The molecule has 0 spiro atoms. The second kappa shape index (κ2) is 3.69. The molecule has 1 fully saturated rings. The highest BCUT2D eigenvalue weighted by Crippen LogP contribution is 2.28. The molecule has 1 N–H and O–H groups in total. The Morgan fingerprint density at radius 3 is 2.36 bits per heavy atom. The van der Waals surface area contributed by atoms with Crippen molar-refractivity contribution in [2.75, 3.05) is 0 Å². The second-order valence-electron chi connectivity index (χ2n) is 4.30. The second-order valence-corrected chi connectivity index (χ2v) is 4.30. The van der Waals surface area contributed by atoms with Crippen LogP contribution in [0.1, 0.15) is 44.4 Å². The van der Waals surface area contributed by atoms with Crippen molar-refractivity contribution in [2.24, 2.45) is 0 Å². The van der Waals surface area contributed by atoms with Gasteiger partial charge >= 0.3 is 0 Å². The molecule has 0 aromatic carbocycles. The Hall–Kier alpha value is -0.900. The lowest BCUT2D eigenvalue weighted by Crippen LogP contribution is -2.41. The SMILES string of the molecule is Cc1nnc(C2C[C@@H](C)N[C@H](C)C2)o1. The van der Waals surface area contributed by atoms with Gasteiger partial charge in [0.1, 0.15) is 0 Å². The van der Waals surface area contributed by atoms with Gasteiger partial charge in [0.2, 0.25) is 11.8 Å². The van der Waals surface area contributed by atoms with Gasteiger partial charge in [0.15, 0.2) is 0 Å². The summed E-state index contributed by atoms with van der Waals surface area (Å²) in [6.07, 6.45) is 2.18. The fraction of sp³-hybridized carbons (Fsp3) is 0.800. The largest absolute Gasteiger partial charge is 0.425 e. The zero-order chi connectivity index (χ0) is 10.1. The minimum absolute atomic E-state index is 0.433. The lowest BCUT2D eigenvalue weighted by atomic mass is 9.89. The van der Waals surface area contributed by atoms with Crippen LogP contribution in [0.5, 0.6) is 0 Å². The summed E-state index contributed by atoms with van der Waals surface area (Å²) >= 11 is 0. The van der Waals surface area contributed by atoms with Crippen LogP contribution in [0.3, 0.4) is 0 Å². The van der Waals surface area contributed by atoms with Gasteiger partial charge in [0.25, 0.3) is 0 Å². The molecule has 0 amide bonds. The molecule has 4 nitrogen and oxygen atoms in total. The Morgan fingerprint density at radius 2 is 1.86 bits per heavy atom. The molecule has 78 valence electrons.